The first-order valence-corrected chi connectivity index (χ1v) is 11.8. The molecule has 0 aromatic heterocycles. The molecule has 2 N–H and O–H groups in total. The minimum absolute atomic E-state index is 0.0664. The van der Waals surface area contributed by atoms with Crippen LogP contribution in [0.25, 0.3) is 11.1 Å². The number of carboxylic acid groups (broad SMARTS) is 1. The molecule has 1 unspecified atom stereocenters. The van der Waals surface area contributed by atoms with Crippen molar-refractivity contribution >= 4 is 27.6 Å². The van der Waals surface area contributed by atoms with Crippen LogP contribution in [0.1, 0.15) is 29.5 Å². The Bertz CT molecular complexity index is 1320. The molecule has 7 heteroatoms. The molecule has 5 rings (SSSR count). The number of aliphatic carboxylic acids is 1. The summed E-state index contributed by atoms with van der Waals surface area (Å²) >= 11 is 6.10. The van der Waals surface area contributed by atoms with Gasteiger partial charge in [0.05, 0.1) is 4.90 Å². The molecular weight excluding hydrogens is 434 g/mol. The summed E-state index contributed by atoms with van der Waals surface area (Å²) in [5, 5.41) is 10.6. The van der Waals surface area contributed by atoms with E-state index in [0.717, 1.165) is 27.8 Å². The molecule has 1 fully saturated rings. The summed E-state index contributed by atoms with van der Waals surface area (Å²) in [4.78, 5) is 12.3. The second kappa shape index (κ2) is 6.92. The van der Waals surface area contributed by atoms with Crippen molar-refractivity contribution in [3.8, 4) is 11.1 Å². The zero-order valence-corrected chi connectivity index (χ0v) is 18.2. The van der Waals surface area contributed by atoms with Crippen molar-refractivity contribution in [2.24, 2.45) is 5.92 Å². The maximum atomic E-state index is 13.2. The first kappa shape index (κ1) is 20.2. The van der Waals surface area contributed by atoms with E-state index in [1.807, 2.05) is 48.5 Å². The zero-order chi connectivity index (χ0) is 22.0. The molecule has 158 valence electrons. The minimum atomic E-state index is -4.05. The monoisotopic (exact) mass is 453 g/mol. The maximum absolute atomic E-state index is 13.2. The molecule has 0 amide bonds. The fraction of sp³-hybridized carbons (Fsp3) is 0.208. The van der Waals surface area contributed by atoms with Crippen LogP contribution in [0.4, 0.5) is 0 Å². The van der Waals surface area contributed by atoms with Crippen LogP contribution in [0, 0.1) is 5.92 Å². The van der Waals surface area contributed by atoms with Gasteiger partial charge >= 0.3 is 5.97 Å². The third-order valence-corrected chi connectivity index (χ3v) is 8.26. The smallest absolute Gasteiger partial charge is 0.325 e. The normalized spacial score (nSPS) is 23.8. The second-order valence-electron chi connectivity index (χ2n) is 8.25. The standard InChI is InChI=1S/C24H20ClNO4S/c1-14-22(15-5-3-2-4-6-15)24(14,23(27)28)26-31(29,30)19-8-10-21-17(13-19)11-16-12-18(25)7-9-20(16)21/h2-10,12-14,22,26H,11H2,1H3,(H,27,28)/t14?,22-,24+/m1/s1. The van der Waals surface area contributed by atoms with Gasteiger partial charge in [0, 0.05) is 10.9 Å². The Morgan fingerprint density at radius 1 is 1.03 bits per heavy atom. The van der Waals surface area contributed by atoms with Gasteiger partial charge in [-0.3, -0.25) is 4.79 Å². The summed E-state index contributed by atoms with van der Waals surface area (Å²) < 4.78 is 29.0. The topological polar surface area (TPSA) is 83.5 Å². The predicted molar refractivity (Wildman–Crippen MR) is 119 cm³/mol. The van der Waals surface area contributed by atoms with Crippen LogP contribution in [0.2, 0.25) is 5.02 Å². The lowest BCUT2D eigenvalue weighted by atomic mass is 10.1. The lowest BCUT2D eigenvalue weighted by molar-refractivity contribution is -0.140. The molecule has 1 saturated carbocycles. The molecule has 0 saturated heterocycles. The lowest BCUT2D eigenvalue weighted by Crippen LogP contribution is -2.45. The Balaban J connectivity index is 1.48. The molecule has 3 atom stereocenters. The highest BCUT2D eigenvalue weighted by atomic mass is 35.5. The van der Waals surface area contributed by atoms with Crippen LogP contribution in [0.5, 0.6) is 0 Å². The van der Waals surface area contributed by atoms with Crippen molar-refractivity contribution in [2.45, 2.75) is 29.7 Å². The third kappa shape index (κ3) is 3.09. The van der Waals surface area contributed by atoms with E-state index >= 15 is 0 Å². The molecule has 0 spiro atoms. The SMILES string of the molecule is CC1[C@H](c2ccccc2)[C@]1(NS(=O)(=O)c1ccc2c(c1)Cc1cc(Cl)ccc1-2)C(=O)O. The molecule has 5 nitrogen and oxygen atoms in total. The molecule has 0 aliphatic heterocycles. The Labute approximate surface area is 185 Å². The number of benzene rings is 3. The van der Waals surface area contributed by atoms with E-state index in [0.29, 0.717) is 11.4 Å². The zero-order valence-electron chi connectivity index (χ0n) is 16.7. The Morgan fingerprint density at radius 2 is 1.68 bits per heavy atom. The molecule has 3 aromatic carbocycles. The predicted octanol–water partition coefficient (Wildman–Crippen LogP) is 4.45. The number of fused-ring (bicyclic) bond motifs is 3. The number of hydrogen-bond donors (Lipinski definition) is 2. The highest BCUT2D eigenvalue weighted by Gasteiger charge is 2.70. The van der Waals surface area contributed by atoms with Crippen molar-refractivity contribution in [1.82, 2.24) is 4.72 Å². The fourth-order valence-electron chi connectivity index (χ4n) is 4.90. The largest absolute Gasteiger partial charge is 0.480 e. The molecule has 2 aliphatic rings. The number of sulfonamides is 1. The van der Waals surface area contributed by atoms with Crippen molar-refractivity contribution in [1.29, 1.82) is 0 Å². The van der Waals surface area contributed by atoms with Gasteiger partial charge in [0.25, 0.3) is 0 Å². The van der Waals surface area contributed by atoms with Crippen molar-refractivity contribution < 1.29 is 18.3 Å². The summed E-state index contributed by atoms with van der Waals surface area (Å²) in [7, 11) is -4.05. The van der Waals surface area contributed by atoms with Gasteiger partial charge in [0.2, 0.25) is 10.0 Å². The van der Waals surface area contributed by atoms with Crippen molar-refractivity contribution in [3.63, 3.8) is 0 Å². The molecule has 0 bridgehead atoms. The van der Waals surface area contributed by atoms with Gasteiger partial charge in [-0.05, 0) is 64.4 Å². The molecule has 0 heterocycles. The van der Waals surface area contributed by atoms with Crippen LogP contribution in [0.15, 0.2) is 71.6 Å². The van der Waals surface area contributed by atoms with Crippen LogP contribution in [0.3, 0.4) is 0 Å². The summed E-state index contributed by atoms with van der Waals surface area (Å²) in [6.07, 6.45) is 0.585. The highest BCUT2D eigenvalue weighted by molar-refractivity contribution is 7.89. The Kier molecular flexibility index (Phi) is 4.52. The van der Waals surface area contributed by atoms with E-state index in [9.17, 15) is 18.3 Å². The summed E-state index contributed by atoms with van der Waals surface area (Å²) in [5.74, 6) is -1.97. The number of halogens is 1. The van der Waals surface area contributed by atoms with E-state index in [1.54, 1.807) is 19.1 Å². The number of carboxylic acids is 1. The number of nitrogens with one attached hydrogen (secondary N) is 1. The third-order valence-electron chi connectivity index (χ3n) is 6.54. The van der Waals surface area contributed by atoms with Crippen LogP contribution in [-0.2, 0) is 21.2 Å². The minimum Gasteiger partial charge on any atom is -0.480 e. The van der Waals surface area contributed by atoms with E-state index in [1.165, 1.54) is 6.07 Å². The molecule has 3 aromatic rings. The van der Waals surface area contributed by atoms with Gasteiger partial charge in [-0.15, -0.1) is 0 Å². The van der Waals surface area contributed by atoms with Crippen LogP contribution < -0.4 is 4.72 Å². The molecule has 31 heavy (non-hydrogen) atoms. The molecular formula is C24H20ClNO4S. The molecule has 2 aliphatic carbocycles. The highest BCUT2D eigenvalue weighted by Crippen LogP contribution is 2.58. The summed E-state index contributed by atoms with van der Waals surface area (Å²) in [6.45, 7) is 1.76. The first-order valence-electron chi connectivity index (χ1n) is 9.98. The van der Waals surface area contributed by atoms with Gasteiger partial charge in [-0.2, -0.15) is 4.72 Å². The van der Waals surface area contributed by atoms with Gasteiger partial charge in [0.15, 0.2) is 0 Å². The van der Waals surface area contributed by atoms with Crippen LogP contribution >= 0.6 is 11.6 Å². The summed E-state index contributed by atoms with van der Waals surface area (Å²) in [5.41, 5.74) is 3.19. The molecule has 0 radical (unpaired) electrons. The average Bonchev–Trinajstić information content (AvgIpc) is 3.15. The number of rotatable bonds is 5. The summed E-state index contributed by atoms with van der Waals surface area (Å²) in [6, 6.07) is 19.7. The van der Waals surface area contributed by atoms with E-state index < -0.39 is 27.4 Å². The van der Waals surface area contributed by atoms with Gasteiger partial charge in [-0.1, -0.05) is 61.0 Å². The van der Waals surface area contributed by atoms with Crippen molar-refractivity contribution in [2.75, 3.05) is 0 Å². The van der Waals surface area contributed by atoms with Gasteiger partial charge < -0.3 is 5.11 Å². The quantitative estimate of drug-likeness (QED) is 0.467. The number of hydrogen-bond acceptors (Lipinski definition) is 3. The lowest BCUT2D eigenvalue weighted by Gasteiger charge is -2.16. The maximum Gasteiger partial charge on any atom is 0.325 e. The van der Waals surface area contributed by atoms with Crippen molar-refractivity contribution in [3.05, 3.63) is 88.4 Å². The Morgan fingerprint density at radius 3 is 2.35 bits per heavy atom. The first-order chi connectivity index (χ1) is 14.7. The van der Waals surface area contributed by atoms with E-state index in [-0.39, 0.29) is 10.8 Å². The Hall–Kier alpha value is -2.67. The van der Waals surface area contributed by atoms with E-state index in [2.05, 4.69) is 4.72 Å². The van der Waals surface area contributed by atoms with Gasteiger partial charge in [-0.25, -0.2) is 8.42 Å². The fourth-order valence-corrected chi connectivity index (χ4v) is 6.61. The average molecular weight is 454 g/mol. The van der Waals surface area contributed by atoms with Crippen LogP contribution in [-0.4, -0.2) is 25.0 Å². The van der Waals surface area contributed by atoms with Gasteiger partial charge in [0.1, 0.15) is 5.54 Å². The number of carbonyl (C=O) groups is 1. The van der Waals surface area contributed by atoms with E-state index in [4.69, 9.17) is 11.6 Å². The second-order valence-corrected chi connectivity index (χ2v) is 10.4.